The Balaban J connectivity index is 0.000000121. The SMILES string of the molecule is CN(C)c1ccc(-c2nc(-c3ccc(O)cc3)cn3c(O)c(Cc4ccc(O)cc4)nc23)cc1.O=[N+]([O-])c1ccc(-c2nc(-c3ccc(O)cc3)cn3c(O)c(Cc4ccc(O)cc4)nc23)cc1.Oc1ccc(Cc2nc3c(-c4ccc(-c5cccs5)s4)nc(-c4ccc(O)cc4)cn3c2O)cc1.Oc1ccc(Cc2nc3c(C#Cc4ccccc4)nc(-c4ccc(O)cc4)cn3c2O)cc1. The van der Waals surface area contributed by atoms with Crippen molar-refractivity contribution in [2.45, 2.75) is 25.7 Å². The van der Waals surface area contributed by atoms with Gasteiger partial charge >= 0.3 is 0 Å². The number of nitro groups is 1. The molecule has 136 heavy (non-hydrogen) atoms. The maximum absolute atomic E-state index is 11.1. The molecule has 12 N–H and O–H groups in total. The summed E-state index contributed by atoms with van der Waals surface area (Å²) in [6.45, 7) is 0. The van der Waals surface area contributed by atoms with Crippen LogP contribution in [0.3, 0.4) is 0 Å². The maximum atomic E-state index is 11.1. The third-order valence-electron chi connectivity index (χ3n) is 22.2. The van der Waals surface area contributed by atoms with Crippen LogP contribution in [0.1, 0.15) is 56.3 Å². The summed E-state index contributed by atoms with van der Waals surface area (Å²) in [5.41, 5.74) is 18.5. The average molecular weight is 1840 g/mol. The van der Waals surface area contributed by atoms with Gasteiger partial charge in [0.25, 0.3) is 5.69 Å². The monoisotopic (exact) mass is 1840 g/mol. The molecule has 670 valence electrons. The number of aromatic hydroxyl groups is 12. The third kappa shape index (κ3) is 19.6. The number of phenolic OH excluding ortho intramolecular Hbond substituents is 8. The Morgan fingerprint density at radius 3 is 0.963 bits per heavy atom. The van der Waals surface area contributed by atoms with Gasteiger partial charge in [-0.1, -0.05) is 90.8 Å². The van der Waals surface area contributed by atoms with E-state index in [9.17, 15) is 71.4 Å². The molecule has 30 heteroatoms. The molecule has 0 aliphatic heterocycles. The number of nitro benzene ring substituents is 1. The Morgan fingerprint density at radius 2 is 0.618 bits per heavy atom. The van der Waals surface area contributed by atoms with Crippen molar-refractivity contribution in [3.8, 4) is 169 Å². The lowest BCUT2D eigenvalue weighted by molar-refractivity contribution is -0.384. The Bertz CT molecular complexity index is 7990. The standard InChI is InChI=1S/C27H24N4O3.C27H19N3O3S2.C27H19N3O3.C25H18N4O5/c1-30(2)20-9-5-19(6-10-20)25-26-29-23(15-17-3-11-21(32)12-4-17)27(34)31(26)16-24(28-25)18-7-13-22(33)14-8-18;31-18-7-3-16(4-8-18)14-20-27(33)30-15-21(17-5-9-19(32)10-6-17)28-25(26(30)29-20)24-12-11-23(35-24)22-2-1-13-34-22;31-21-11-6-19(7-12-21)16-24-27(33)30-17-25(20-9-13-22(32)14-10-20)28-23(26(30)29-24)15-8-18-4-2-1-3-5-18;30-19-9-1-15(2-10-19)13-21-25(32)28-14-22(16-5-11-20(31)12-6-16)26-23(24(28)27-21)17-3-7-18(8-4-17)29(33)34/h3-14,16,32-34H,15H2,1-2H3;1-13,15,31-33H,14H2;1-7,9-14,17,31-33H,16H2;1-12,14,30-32H,13H2. The van der Waals surface area contributed by atoms with Crippen LogP contribution in [0, 0.1) is 22.0 Å². The fourth-order valence-corrected chi connectivity index (χ4v) is 16.9. The molecule has 0 spiro atoms. The van der Waals surface area contributed by atoms with E-state index in [1.807, 2.05) is 97.9 Å². The normalized spacial score (nSPS) is 11.0. The van der Waals surface area contributed by atoms with E-state index in [4.69, 9.17) is 29.9 Å². The van der Waals surface area contributed by atoms with E-state index in [0.29, 0.717) is 128 Å². The van der Waals surface area contributed by atoms with Gasteiger partial charge in [-0.25, -0.2) is 39.9 Å². The molecule has 0 saturated heterocycles. The van der Waals surface area contributed by atoms with Crippen LogP contribution in [-0.4, -0.2) is 138 Å². The van der Waals surface area contributed by atoms with Gasteiger partial charge < -0.3 is 66.2 Å². The molecule has 0 radical (unpaired) electrons. The molecule has 0 fully saturated rings. The lowest BCUT2D eigenvalue weighted by Gasteiger charge is -2.13. The number of aromatic nitrogens is 12. The minimum Gasteiger partial charge on any atom is -0.508 e. The second-order valence-corrected chi connectivity index (χ2v) is 33.8. The van der Waals surface area contributed by atoms with Gasteiger partial charge in [0.05, 0.1) is 32.6 Å². The molecule has 0 unspecified atom stereocenters. The molecule has 10 aromatic heterocycles. The Kier molecular flexibility index (Phi) is 24.9. The number of benzene rings is 11. The molecule has 0 atom stereocenters. The van der Waals surface area contributed by atoms with Gasteiger partial charge in [0, 0.05) is 131 Å². The first-order valence-corrected chi connectivity index (χ1v) is 44.1. The quantitative estimate of drug-likeness (QED) is 0.0216. The molecule has 21 rings (SSSR count). The van der Waals surface area contributed by atoms with Gasteiger partial charge in [0.1, 0.15) is 85.9 Å². The Morgan fingerprint density at radius 1 is 0.309 bits per heavy atom. The number of rotatable bonds is 18. The molecule has 11 aromatic carbocycles. The van der Waals surface area contributed by atoms with Crippen molar-refractivity contribution in [2.75, 3.05) is 19.0 Å². The summed E-state index contributed by atoms with van der Waals surface area (Å²) >= 11 is 3.32. The van der Waals surface area contributed by atoms with Gasteiger partial charge in [-0.2, -0.15) is 0 Å². The van der Waals surface area contributed by atoms with Crippen molar-refractivity contribution < 1.29 is 66.2 Å². The van der Waals surface area contributed by atoms with Crippen molar-refractivity contribution in [1.29, 1.82) is 0 Å². The van der Waals surface area contributed by atoms with Crippen LogP contribution in [0.2, 0.25) is 0 Å². The maximum Gasteiger partial charge on any atom is 0.269 e. The van der Waals surface area contributed by atoms with Crippen LogP contribution in [0.15, 0.2) is 327 Å². The summed E-state index contributed by atoms with van der Waals surface area (Å²) in [5, 5.41) is 134. The molecule has 0 bridgehead atoms. The summed E-state index contributed by atoms with van der Waals surface area (Å²) in [5.74, 6) is 7.56. The van der Waals surface area contributed by atoms with Gasteiger partial charge in [-0.15, -0.1) is 22.7 Å². The Labute approximate surface area is 783 Å². The first kappa shape index (κ1) is 88.3. The minimum absolute atomic E-state index is 0.00302. The zero-order valence-electron chi connectivity index (χ0n) is 72.3. The predicted molar refractivity (Wildman–Crippen MR) is 522 cm³/mol. The zero-order valence-corrected chi connectivity index (χ0v) is 73.9. The number of non-ortho nitro benzene ring substituents is 1. The molecule has 0 saturated carbocycles. The summed E-state index contributed by atoms with van der Waals surface area (Å²) in [7, 11) is 3.97. The fourth-order valence-electron chi connectivity index (χ4n) is 15.1. The predicted octanol–water partition coefficient (Wildman–Crippen LogP) is 20.6. The smallest absolute Gasteiger partial charge is 0.269 e. The van der Waals surface area contributed by atoms with Gasteiger partial charge in [-0.3, -0.25) is 27.7 Å². The first-order valence-electron chi connectivity index (χ1n) is 42.4. The van der Waals surface area contributed by atoms with Crippen molar-refractivity contribution in [3.05, 3.63) is 394 Å². The molecule has 28 nitrogen and oxygen atoms in total. The molecular weight excluding hydrogens is 1760 g/mol. The van der Waals surface area contributed by atoms with Crippen molar-refractivity contribution >= 4 is 56.6 Å². The van der Waals surface area contributed by atoms with Crippen molar-refractivity contribution in [2.24, 2.45) is 0 Å². The number of anilines is 1. The number of phenols is 8. The Hall–Kier alpha value is -18.3. The lowest BCUT2D eigenvalue weighted by Crippen LogP contribution is -2.08. The molecule has 0 aliphatic rings. The number of thiophene rings is 2. The van der Waals surface area contributed by atoms with E-state index >= 15 is 0 Å². The number of hydrogen-bond donors (Lipinski definition) is 12. The largest absolute Gasteiger partial charge is 0.508 e. The van der Waals surface area contributed by atoms with Gasteiger partial charge in [0.15, 0.2) is 28.3 Å². The second-order valence-electron chi connectivity index (χ2n) is 31.8. The highest BCUT2D eigenvalue weighted by Crippen LogP contribution is 2.42. The van der Waals surface area contributed by atoms with Crippen LogP contribution in [0.25, 0.3) is 110 Å². The number of imidazole rings is 4. The second kappa shape index (κ2) is 38.4. The first-order chi connectivity index (χ1) is 65.9. The molecule has 10 heterocycles. The van der Waals surface area contributed by atoms with E-state index in [0.717, 1.165) is 65.5 Å². The molecular formula is C106H80N14O14S2. The van der Waals surface area contributed by atoms with E-state index in [1.54, 1.807) is 243 Å². The van der Waals surface area contributed by atoms with Crippen molar-refractivity contribution in [3.63, 3.8) is 0 Å². The number of nitrogens with zero attached hydrogens (tertiary/aromatic N) is 14. The highest BCUT2D eigenvalue weighted by Gasteiger charge is 2.26. The average Bonchev–Trinajstić information content (AvgIpc) is 1.62. The summed E-state index contributed by atoms with van der Waals surface area (Å²) in [4.78, 5) is 54.0. The highest BCUT2D eigenvalue weighted by molar-refractivity contribution is 7.23. The van der Waals surface area contributed by atoms with E-state index in [1.165, 1.54) is 33.5 Å². The highest BCUT2D eigenvalue weighted by atomic mass is 32.1. The van der Waals surface area contributed by atoms with Crippen LogP contribution >= 0.6 is 22.7 Å². The number of fused-ring (bicyclic) bond motifs is 4. The lowest BCUT2D eigenvalue weighted by atomic mass is 10.1. The van der Waals surface area contributed by atoms with E-state index in [2.05, 4.69) is 39.3 Å². The topological polar surface area (TPSA) is 410 Å². The van der Waals surface area contributed by atoms with Gasteiger partial charge in [0.2, 0.25) is 23.5 Å². The molecule has 0 amide bonds. The minimum atomic E-state index is -0.475. The van der Waals surface area contributed by atoms with Crippen LogP contribution in [0.4, 0.5) is 11.4 Å². The zero-order chi connectivity index (χ0) is 94.4. The molecule has 21 aromatic rings. The van der Waals surface area contributed by atoms with Crippen molar-refractivity contribution in [1.82, 2.24) is 57.5 Å². The molecule has 0 aliphatic carbocycles. The summed E-state index contributed by atoms with van der Waals surface area (Å²) in [6, 6.07) is 85.6. The fraction of sp³-hybridized carbons (Fsp3) is 0.0566. The van der Waals surface area contributed by atoms with Crippen LogP contribution < -0.4 is 4.90 Å². The number of hydrogen-bond acceptors (Lipinski definition) is 25. The third-order valence-corrected chi connectivity index (χ3v) is 24.4. The van der Waals surface area contributed by atoms with Crippen LogP contribution in [0.5, 0.6) is 69.5 Å². The summed E-state index contributed by atoms with van der Waals surface area (Å²) in [6.07, 6.45) is 8.39. The summed E-state index contributed by atoms with van der Waals surface area (Å²) < 4.78 is 6.44. The van der Waals surface area contributed by atoms with E-state index < -0.39 is 4.92 Å². The van der Waals surface area contributed by atoms with E-state index in [-0.39, 0.29) is 75.2 Å². The van der Waals surface area contributed by atoms with Crippen LogP contribution in [-0.2, 0) is 25.7 Å². The van der Waals surface area contributed by atoms with Gasteiger partial charge in [-0.05, 0) is 234 Å².